The molecule has 0 atom stereocenters. The number of nitrogens with zero attached hydrogens (tertiary/aromatic N) is 2. The van der Waals surface area contributed by atoms with E-state index in [1.807, 2.05) is 50.2 Å². The van der Waals surface area contributed by atoms with Crippen LogP contribution >= 0.6 is 0 Å². The maximum atomic E-state index is 14.1. The highest BCUT2D eigenvalue weighted by Gasteiger charge is 2.37. The third kappa shape index (κ3) is 4.30. The number of rotatable bonds is 9. The van der Waals surface area contributed by atoms with Gasteiger partial charge >= 0.3 is 0 Å². The van der Waals surface area contributed by atoms with Crippen LogP contribution in [-0.2, 0) is 0 Å². The molecule has 2 aliphatic heterocycles. The molecule has 8 nitrogen and oxygen atoms in total. The van der Waals surface area contributed by atoms with E-state index in [0.717, 1.165) is 83.3 Å². The molecule has 0 spiro atoms. The molecular formula is C38H40N4O4. The molecule has 0 saturated carbocycles. The molecule has 1 saturated heterocycles. The van der Waals surface area contributed by atoms with E-state index in [1.54, 1.807) is 6.07 Å². The molecule has 2 heterocycles. The van der Waals surface area contributed by atoms with Gasteiger partial charge in [0, 0.05) is 87.7 Å². The lowest BCUT2D eigenvalue weighted by Gasteiger charge is -2.34. The Morgan fingerprint density at radius 3 is 2.00 bits per heavy atom. The van der Waals surface area contributed by atoms with Crippen molar-refractivity contribution in [1.82, 2.24) is 15.5 Å². The maximum absolute atomic E-state index is 14.1. The van der Waals surface area contributed by atoms with Gasteiger partial charge in [-0.05, 0) is 65.4 Å². The van der Waals surface area contributed by atoms with Crippen LogP contribution in [0.25, 0.3) is 43.1 Å². The van der Waals surface area contributed by atoms with Gasteiger partial charge in [-0.1, -0.05) is 52.0 Å². The molecule has 0 radical (unpaired) electrons. The van der Waals surface area contributed by atoms with Gasteiger partial charge in [0.15, 0.2) is 6.29 Å². The SMILES string of the molecule is CCC(CC)NC(=O)c1cc(N2CCNCC2)c2c3ccc4c5c(ccc(c6ccc(C=O)c1c62)c53)C(=O)N(C(CC)CC)C4=O. The lowest BCUT2D eigenvalue weighted by atomic mass is 9.82. The summed E-state index contributed by atoms with van der Waals surface area (Å²) in [5.74, 6) is -0.693. The Bertz CT molecular complexity index is 2030. The summed E-state index contributed by atoms with van der Waals surface area (Å²) in [6, 6.07) is 13.2. The first kappa shape index (κ1) is 30.1. The second-order valence-corrected chi connectivity index (χ2v) is 12.6. The normalized spacial score (nSPS) is 15.4. The zero-order valence-corrected chi connectivity index (χ0v) is 27.0. The number of piperazine rings is 1. The highest BCUT2D eigenvalue weighted by atomic mass is 16.2. The summed E-state index contributed by atoms with van der Waals surface area (Å²) in [5, 5.41) is 13.3. The van der Waals surface area contributed by atoms with E-state index in [2.05, 4.69) is 29.4 Å². The van der Waals surface area contributed by atoms with Crippen molar-refractivity contribution in [2.24, 2.45) is 0 Å². The molecule has 7 rings (SSSR count). The summed E-state index contributed by atoms with van der Waals surface area (Å²) in [6.45, 7) is 11.2. The molecule has 1 fully saturated rings. The van der Waals surface area contributed by atoms with Crippen LogP contribution in [-0.4, -0.2) is 67.2 Å². The largest absolute Gasteiger partial charge is 0.368 e. The number of benzene rings is 5. The molecule has 5 aromatic rings. The van der Waals surface area contributed by atoms with Crippen molar-refractivity contribution < 1.29 is 19.2 Å². The summed E-state index contributed by atoms with van der Waals surface area (Å²) in [6.07, 6.45) is 3.83. The van der Waals surface area contributed by atoms with Crippen molar-refractivity contribution in [2.45, 2.75) is 65.5 Å². The molecule has 2 N–H and O–H groups in total. The zero-order valence-electron chi connectivity index (χ0n) is 27.0. The molecule has 0 aromatic heterocycles. The second kappa shape index (κ2) is 11.7. The van der Waals surface area contributed by atoms with Crippen molar-refractivity contribution in [2.75, 3.05) is 31.1 Å². The van der Waals surface area contributed by atoms with Crippen LogP contribution in [0.3, 0.4) is 0 Å². The fourth-order valence-corrected chi connectivity index (χ4v) is 7.89. The predicted octanol–water partition coefficient (Wildman–Crippen LogP) is 6.66. The highest BCUT2D eigenvalue weighted by molar-refractivity contribution is 6.41. The molecule has 2 aliphatic rings. The first-order valence-electron chi connectivity index (χ1n) is 16.7. The van der Waals surface area contributed by atoms with Gasteiger partial charge in [0.25, 0.3) is 17.7 Å². The molecule has 0 aliphatic carbocycles. The Morgan fingerprint density at radius 2 is 1.39 bits per heavy atom. The smallest absolute Gasteiger partial charge is 0.261 e. The average Bonchev–Trinajstić information content (AvgIpc) is 3.10. The number of fused-ring (bicyclic) bond motifs is 2. The van der Waals surface area contributed by atoms with E-state index < -0.39 is 0 Å². The van der Waals surface area contributed by atoms with E-state index in [1.165, 1.54) is 4.90 Å². The Morgan fingerprint density at radius 1 is 0.783 bits per heavy atom. The van der Waals surface area contributed by atoms with Crippen LogP contribution in [0, 0.1) is 0 Å². The van der Waals surface area contributed by atoms with E-state index >= 15 is 0 Å². The van der Waals surface area contributed by atoms with Crippen LogP contribution in [0.2, 0.25) is 0 Å². The fraction of sp³-hybridized carbons (Fsp3) is 0.368. The molecule has 0 bridgehead atoms. The zero-order chi connectivity index (χ0) is 32.3. The van der Waals surface area contributed by atoms with Crippen molar-refractivity contribution in [3.05, 3.63) is 64.7 Å². The number of aldehydes is 1. The fourth-order valence-electron chi connectivity index (χ4n) is 7.89. The van der Waals surface area contributed by atoms with Gasteiger partial charge < -0.3 is 15.5 Å². The summed E-state index contributed by atoms with van der Waals surface area (Å²) in [4.78, 5) is 58.4. The van der Waals surface area contributed by atoms with Crippen LogP contribution in [0.1, 0.15) is 94.8 Å². The van der Waals surface area contributed by atoms with E-state index in [0.29, 0.717) is 45.9 Å². The highest BCUT2D eigenvalue weighted by Crippen LogP contribution is 2.48. The first-order chi connectivity index (χ1) is 22.4. The van der Waals surface area contributed by atoms with Gasteiger partial charge in [-0.2, -0.15) is 0 Å². The summed E-state index contributed by atoms with van der Waals surface area (Å²) >= 11 is 0. The molecule has 236 valence electrons. The number of imide groups is 1. The molecule has 8 heteroatoms. The monoisotopic (exact) mass is 616 g/mol. The van der Waals surface area contributed by atoms with Crippen molar-refractivity contribution >= 4 is 72.8 Å². The summed E-state index contributed by atoms with van der Waals surface area (Å²) in [5.41, 5.74) is 2.95. The number of hydrogen-bond acceptors (Lipinski definition) is 6. The van der Waals surface area contributed by atoms with Gasteiger partial charge in [-0.15, -0.1) is 0 Å². The van der Waals surface area contributed by atoms with Crippen molar-refractivity contribution in [3.63, 3.8) is 0 Å². The number of carbonyl (C=O) groups is 4. The lowest BCUT2D eigenvalue weighted by molar-refractivity contribution is 0.0529. The van der Waals surface area contributed by atoms with Gasteiger partial charge in [0.05, 0.1) is 0 Å². The Balaban J connectivity index is 1.62. The second-order valence-electron chi connectivity index (χ2n) is 12.6. The topological polar surface area (TPSA) is 98.8 Å². The van der Waals surface area contributed by atoms with Crippen molar-refractivity contribution in [3.8, 4) is 0 Å². The minimum Gasteiger partial charge on any atom is -0.368 e. The third-order valence-corrected chi connectivity index (χ3v) is 10.4. The first-order valence-corrected chi connectivity index (χ1v) is 16.7. The molecule has 0 unspecified atom stereocenters. The summed E-state index contributed by atoms with van der Waals surface area (Å²) < 4.78 is 0. The van der Waals surface area contributed by atoms with Crippen LogP contribution < -0.4 is 15.5 Å². The number of carbonyl (C=O) groups excluding carboxylic acids is 4. The number of hydrogen-bond donors (Lipinski definition) is 2. The number of nitrogens with one attached hydrogen (secondary N) is 2. The predicted molar refractivity (Wildman–Crippen MR) is 185 cm³/mol. The minimum atomic E-state index is -0.252. The molecule has 3 amide bonds. The van der Waals surface area contributed by atoms with Gasteiger partial charge in [0.1, 0.15) is 0 Å². The molecule has 46 heavy (non-hydrogen) atoms. The van der Waals surface area contributed by atoms with Gasteiger partial charge in [-0.3, -0.25) is 24.1 Å². The Kier molecular flexibility index (Phi) is 7.64. The van der Waals surface area contributed by atoms with E-state index in [9.17, 15) is 19.2 Å². The van der Waals surface area contributed by atoms with Crippen LogP contribution in [0.5, 0.6) is 0 Å². The average molecular weight is 617 g/mol. The van der Waals surface area contributed by atoms with E-state index in [4.69, 9.17) is 0 Å². The van der Waals surface area contributed by atoms with E-state index in [-0.39, 0.29) is 29.8 Å². The van der Waals surface area contributed by atoms with Gasteiger partial charge in [0.2, 0.25) is 0 Å². The minimum absolute atomic E-state index is 0.0205. The molecule has 5 aromatic carbocycles. The Hall–Kier alpha value is -4.56. The van der Waals surface area contributed by atoms with Crippen LogP contribution in [0.4, 0.5) is 5.69 Å². The quantitative estimate of drug-likeness (QED) is 0.0832. The number of anilines is 1. The van der Waals surface area contributed by atoms with Crippen LogP contribution in [0.15, 0.2) is 42.5 Å². The maximum Gasteiger partial charge on any atom is 0.261 e. The van der Waals surface area contributed by atoms with Gasteiger partial charge in [-0.25, -0.2) is 0 Å². The molecular weight excluding hydrogens is 576 g/mol. The summed E-state index contributed by atoms with van der Waals surface area (Å²) in [7, 11) is 0. The van der Waals surface area contributed by atoms with Crippen molar-refractivity contribution in [1.29, 1.82) is 0 Å². The number of amides is 3. The standard InChI is InChI=1S/C38H40N4O4/c1-5-22(6-2)40-36(44)29-19-30(41-17-15-39-16-18-41)34-26-12-14-28-33-27(37(45)42(38(28)46)23(7-3)8-4)13-11-24(32(26)33)25-10-9-21(20-43)31(29)35(25)34/h9-14,19-20,22-23,39H,5-8,15-18H2,1-4H3,(H,40,44). The Labute approximate surface area is 268 Å². The lowest BCUT2D eigenvalue weighted by Crippen LogP contribution is -2.46. The third-order valence-electron chi connectivity index (χ3n) is 10.4.